The van der Waals surface area contributed by atoms with Crippen molar-refractivity contribution in [3.8, 4) is 5.75 Å². The van der Waals surface area contributed by atoms with Gasteiger partial charge in [0, 0.05) is 23.7 Å². The van der Waals surface area contributed by atoms with E-state index in [0.29, 0.717) is 40.1 Å². The molecule has 0 bridgehead atoms. The van der Waals surface area contributed by atoms with E-state index in [4.69, 9.17) is 11.6 Å². The van der Waals surface area contributed by atoms with Gasteiger partial charge in [0.25, 0.3) is 0 Å². The van der Waals surface area contributed by atoms with Gasteiger partial charge in [0.1, 0.15) is 5.75 Å². The van der Waals surface area contributed by atoms with Gasteiger partial charge in [-0.2, -0.15) is 9.97 Å². The molecule has 1 atom stereocenters. The molecule has 0 saturated heterocycles. The summed E-state index contributed by atoms with van der Waals surface area (Å²) < 4.78 is 1.92. The van der Waals surface area contributed by atoms with E-state index in [-0.39, 0.29) is 24.3 Å². The van der Waals surface area contributed by atoms with Crippen LogP contribution in [-0.4, -0.2) is 42.4 Å². The van der Waals surface area contributed by atoms with Crippen molar-refractivity contribution in [1.82, 2.24) is 19.5 Å². The highest BCUT2D eigenvalue weighted by molar-refractivity contribution is 6.30. The third-order valence-corrected chi connectivity index (χ3v) is 4.84. The first-order chi connectivity index (χ1) is 13.4. The SMILES string of the molecule is CCn1cnc2c(NCc3cc(Cl)ccc3O)nc(NC(CO)C(C)C)nc21. The first-order valence-corrected chi connectivity index (χ1v) is 9.62. The van der Waals surface area contributed by atoms with Crippen molar-refractivity contribution >= 4 is 34.5 Å². The zero-order valence-electron chi connectivity index (χ0n) is 16.1. The van der Waals surface area contributed by atoms with Crippen LogP contribution in [-0.2, 0) is 13.1 Å². The van der Waals surface area contributed by atoms with Crippen LogP contribution in [0.3, 0.4) is 0 Å². The van der Waals surface area contributed by atoms with E-state index in [0.717, 1.165) is 6.54 Å². The predicted octanol–water partition coefficient (Wildman–Crippen LogP) is 3.25. The minimum absolute atomic E-state index is 0.0226. The number of nitrogens with one attached hydrogen (secondary N) is 2. The van der Waals surface area contributed by atoms with Crippen LogP contribution >= 0.6 is 11.6 Å². The Kier molecular flexibility index (Phi) is 6.21. The third kappa shape index (κ3) is 4.28. The summed E-state index contributed by atoms with van der Waals surface area (Å²) in [7, 11) is 0. The van der Waals surface area contributed by atoms with Gasteiger partial charge in [0.05, 0.1) is 19.0 Å². The van der Waals surface area contributed by atoms with Gasteiger partial charge >= 0.3 is 0 Å². The topological polar surface area (TPSA) is 108 Å². The number of fused-ring (bicyclic) bond motifs is 1. The number of benzene rings is 1. The number of hydrogen-bond acceptors (Lipinski definition) is 7. The molecule has 9 heteroatoms. The predicted molar refractivity (Wildman–Crippen MR) is 111 cm³/mol. The molecule has 28 heavy (non-hydrogen) atoms. The molecule has 0 amide bonds. The second kappa shape index (κ2) is 8.62. The Morgan fingerprint density at radius 3 is 2.71 bits per heavy atom. The highest BCUT2D eigenvalue weighted by Crippen LogP contribution is 2.25. The molecule has 0 aliphatic rings. The van der Waals surface area contributed by atoms with Crippen molar-refractivity contribution in [2.45, 2.75) is 39.9 Å². The molecule has 0 aliphatic carbocycles. The maximum absolute atomic E-state index is 10.0. The number of phenols is 1. The van der Waals surface area contributed by atoms with Gasteiger partial charge in [-0.05, 0) is 31.0 Å². The lowest BCUT2D eigenvalue weighted by atomic mass is 10.1. The molecule has 3 rings (SSSR count). The Balaban J connectivity index is 1.95. The maximum atomic E-state index is 10.0. The molecule has 1 unspecified atom stereocenters. The zero-order chi connectivity index (χ0) is 20.3. The minimum atomic E-state index is -0.166. The monoisotopic (exact) mass is 404 g/mol. The largest absolute Gasteiger partial charge is 0.508 e. The summed E-state index contributed by atoms with van der Waals surface area (Å²) in [6.07, 6.45) is 1.72. The first-order valence-electron chi connectivity index (χ1n) is 9.24. The lowest BCUT2D eigenvalue weighted by Crippen LogP contribution is -2.30. The molecule has 2 heterocycles. The van der Waals surface area contributed by atoms with Crippen LogP contribution in [0.2, 0.25) is 5.02 Å². The number of aliphatic hydroxyl groups is 1. The zero-order valence-corrected chi connectivity index (χ0v) is 16.9. The van der Waals surface area contributed by atoms with E-state index < -0.39 is 0 Å². The summed E-state index contributed by atoms with van der Waals surface area (Å²) in [6.45, 7) is 7.07. The van der Waals surface area contributed by atoms with Crippen LogP contribution in [0.25, 0.3) is 11.2 Å². The van der Waals surface area contributed by atoms with Crippen LogP contribution in [0, 0.1) is 5.92 Å². The van der Waals surface area contributed by atoms with Gasteiger partial charge in [0.2, 0.25) is 5.95 Å². The normalized spacial score (nSPS) is 12.5. The van der Waals surface area contributed by atoms with E-state index in [1.54, 1.807) is 24.5 Å². The Labute approximate surface area is 168 Å². The molecule has 0 fully saturated rings. The second-order valence-corrected chi connectivity index (χ2v) is 7.34. The second-order valence-electron chi connectivity index (χ2n) is 6.90. The number of aryl methyl sites for hydroxylation is 1. The first kappa shape index (κ1) is 20.2. The molecule has 0 spiro atoms. The minimum Gasteiger partial charge on any atom is -0.508 e. The van der Waals surface area contributed by atoms with Crippen molar-refractivity contribution in [2.24, 2.45) is 5.92 Å². The van der Waals surface area contributed by atoms with Gasteiger partial charge < -0.3 is 25.4 Å². The maximum Gasteiger partial charge on any atom is 0.227 e. The fourth-order valence-electron chi connectivity index (χ4n) is 2.83. The quantitative estimate of drug-likeness (QED) is 0.456. The van der Waals surface area contributed by atoms with Gasteiger partial charge in [-0.3, -0.25) is 0 Å². The molecule has 0 radical (unpaired) electrons. The number of imidazole rings is 1. The summed E-state index contributed by atoms with van der Waals surface area (Å²) in [6, 6.07) is 4.73. The van der Waals surface area contributed by atoms with Gasteiger partial charge in [-0.15, -0.1) is 0 Å². The van der Waals surface area contributed by atoms with Crippen molar-refractivity contribution < 1.29 is 10.2 Å². The number of nitrogens with zero attached hydrogens (tertiary/aromatic N) is 4. The van der Waals surface area contributed by atoms with Crippen LogP contribution in [0.5, 0.6) is 5.75 Å². The summed E-state index contributed by atoms with van der Waals surface area (Å²) in [5, 5.41) is 26.6. The molecule has 3 aromatic rings. The van der Waals surface area contributed by atoms with E-state index in [9.17, 15) is 10.2 Å². The molecule has 0 saturated carbocycles. The van der Waals surface area contributed by atoms with E-state index >= 15 is 0 Å². The summed E-state index contributed by atoms with van der Waals surface area (Å²) in [5.41, 5.74) is 1.98. The smallest absolute Gasteiger partial charge is 0.227 e. The number of aliphatic hydroxyl groups excluding tert-OH is 1. The molecule has 1 aromatic carbocycles. The lowest BCUT2D eigenvalue weighted by molar-refractivity contribution is 0.248. The Morgan fingerprint density at radius 2 is 2.04 bits per heavy atom. The van der Waals surface area contributed by atoms with Crippen molar-refractivity contribution in [3.63, 3.8) is 0 Å². The molecule has 150 valence electrons. The number of phenolic OH excluding ortho intramolecular Hbond substituents is 1. The van der Waals surface area contributed by atoms with E-state index in [1.165, 1.54) is 0 Å². The molecule has 2 aromatic heterocycles. The molecule has 0 aliphatic heterocycles. The van der Waals surface area contributed by atoms with E-state index in [1.807, 2.05) is 25.3 Å². The van der Waals surface area contributed by atoms with Crippen molar-refractivity contribution in [1.29, 1.82) is 0 Å². The van der Waals surface area contributed by atoms with Crippen LogP contribution in [0.4, 0.5) is 11.8 Å². The van der Waals surface area contributed by atoms with Crippen LogP contribution in [0.1, 0.15) is 26.3 Å². The highest BCUT2D eigenvalue weighted by atomic mass is 35.5. The van der Waals surface area contributed by atoms with Gasteiger partial charge in [-0.25, -0.2) is 4.98 Å². The standard InChI is InChI=1S/C19H25ClN6O2/c1-4-26-10-22-16-17(21-8-12-7-13(20)5-6-15(12)28)24-19(25-18(16)26)23-14(9-27)11(2)3/h5-7,10-11,14,27-28H,4,8-9H2,1-3H3,(H2,21,23,24,25). The number of anilines is 2. The molecular weight excluding hydrogens is 380 g/mol. The van der Waals surface area contributed by atoms with Crippen molar-refractivity contribution in [2.75, 3.05) is 17.2 Å². The fraction of sp³-hybridized carbons (Fsp3) is 0.421. The number of aromatic hydroxyl groups is 1. The highest BCUT2D eigenvalue weighted by Gasteiger charge is 2.17. The van der Waals surface area contributed by atoms with Crippen LogP contribution < -0.4 is 10.6 Å². The molecular formula is C19H25ClN6O2. The lowest BCUT2D eigenvalue weighted by Gasteiger charge is -2.20. The fourth-order valence-corrected chi connectivity index (χ4v) is 3.02. The average Bonchev–Trinajstić information content (AvgIpc) is 3.09. The summed E-state index contributed by atoms with van der Waals surface area (Å²) in [4.78, 5) is 13.6. The number of halogens is 1. The number of aromatic nitrogens is 4. The average molecular weight is 405 g/mol. The van der Waals surface area contributed by atoms with Gasteiger partial charge in [0.15, 0.2) is 17.0 Å². The Morgan fingerprint density at radius 1 is 1.25 bits per heavy atom. The molecule has 4 N–H and O–H groups in total. The van der Waals surface area contributed by atoms with Crippen LogP contribution in [0.15, 0.2) is 24.5 Å². The summed E-state index contributed by atoms with van der Waals surface area (Å²) >= 11 is 6.03. The number of rotatable bonds is 8. The Bertz CT molecular complexity index is 959. The Hall–Kier alpha value is -2.58. The third-order valence-electron chi connectivity index (χ3n) is 4.61. The van der Waals surface area contributed by atoms with E-state index in [2.05, 4.69) is 25.6 Å². The number of hydrogen-bond donors (Lipinski definition) is 4. The molecule has 8 nitrogen and oxygen atoms in total. The summed E-state index contributed by atoms with van der Waals surface area (Å²) in [5.74, 6) is 1.31. The van der Waals surface area contributed by atoms with Gasteiger partial charge in [-0.1, -0.05) is 25.4 Å². The van der Waals surface area contributed by atoms with Crippen molar-refractivity contribution in [3.05, 3.63) is 35.1 Å².